The van der Waals surface area contributed by atoms with Gasteiger partial charge in [-0.15, -0.1) is 0 Å². The topological polar surface area (TPSA) is 98.2 Å². The Bertz CT molecular complexity index is 895. The van der Waals surface area contributed by atoms with Crippen LogP contribution in [0.25, 0.3) is 0 Å². The molecule has 0 aliphatic carbocycles. The minimum atomic E-state index is -5.08. The second kappa shape index (κ2) is 9.53. The molecule has 2 fully saturated rings. The average Bonchev–Trinajstić information content (AvgIpc) is 3.12. The lowest BCUT2D eigenvalue weighted by atomic mass is 9.92. The van der Waals surface area contributed by atoms with E-state index in [0.29, 0.717) is 32.6 Å². The number of hydrogen-bond donors (Lipinski definition) is 1. The van der Waals surface area contributed by atoms with Gasteiger partial charge in [0.15, 0.2) is 0 Å². The number of carbonyl (C=O) groups excluding carboxylic acids is 1. The van der Waals surface area contributed by atoms with E-state index in [2.05, 4.69) is 0 Å². The molecule has 8 nitrogen and oxygen atoms in total. The number of sulfonamides is 1. The second-order valence-corrected chi connectivity index (χ2v) is 9.69. The summed E-state index contributed by atoms with van der Waals surface area (Å²) >= 11 is 0. The van der Waals surface area contributed by atoms with Crippen LogP contribution in [0, 0.1) is 0 Å². The molecule has 31 heavy (non-hydrogen) atoms. The molecular formula is C19H26F3N3O5S. The maximum atomic E-state index is 12.5. The van der Waals surface area contributed by atoms with Crippen LogP contribution in [-0.4, -0.2) is 85.3 Å². The van der Waals surface area contributed by atoms with Crippen molar-refractivity contribution in [1.29, 1.82) is 0 Å². The van der Waals surface area contributed by atoms with Gasteiger partial charge in [-0.25, -0.2) is 13.2 Å². The molecule has 1 aromatic rings. The number of anilines is 1. The number of carbonyl (C=O) groups is 2. The fourth-order valence-corrected chi connectivity index (χ4v) is 5.27. The normalized spacial score (nSPS) is 23.0. The molecule has 2 aliphatic heterocycles. The first-order chi connectivity index (χ1) is 14.3. The summed E-state index contributed by atoms with van der Waals surface area (Å²) in [6.07, 6.45) is -3.71. The smallest absolute Gasteiger partial charge is 0.475 e. The third kappa shape index (κ3) is 5.95. The Morgan fingerprint density at radius 3 is 2.29 bits per heavy atom. The Hall–Kier alpha value is -2.18. The molecule has 2 heterocycles. The van der Waals surface area contributed by atoms with Gasteiger partial charge in [-0.1, -0.05) is 25.1 Å². The maximum Gasteiger partial charge on any atom is 0.490 e. The van der Waals surface area contributed by atoms with E-state index < -0.39 is 22.2 Å². The zero-order chi connectivity index (χ0) is 23.4. The monoisotopic (exact) mass is 465 g/mol. The largest absolute Gasteiger partial charge is 0.490 e. The molecule has 1 amide bonds. The molecule has 2 aliphatic rings. The SMILES string of the molecule is CCCS(=O)(=O)N1CCC2(CN(c3ccccc3)C(=O)CN2C)C1.O=C(O)C(F)(F)F. The lowest BCUT2D eigenvalue weighted by Gasteiger charge is -2.46. The van der Waals surface area contributed by atoms with Gasteiger partial charge in [-0.2, -0.15) is 17.5 Å². The molecule has 174 valence electrons. The number of halogens is 3. The highest BCUT2D eigenvalue weighted by Gasteiger charge is 2.49. The lowest BCUT2D eigenvalue weighted by Crippen LogP contribution is -2.64. The number of nitrogens with zero attached hydrogens (tertiary/aromatic N) is 3. The maximum absolute atomic E-state index is 12.5. The highest BCUT2D eigenvalue weighted by Crippen LogP contribution is 2.34. The fraction of sp³-hybridized carbons (Fsp3) is 0.579. The summed E-state index contributed by atoms with van der Waals surface area (Å²) in [5, 5.41) is 7.12. The number of alkyl halides is 3. The number of aliphatic carboxylic acids is 1. The quantitative estimate of drug-likeness (QED) is 0.728. The number of piperazine rings is 1. The summed E-state index contributed by atoms with van der Waals surface area (Å²) in [5.74, 6) is -2.51. The summed E-state index contributed by atoms with van der Waals surface area (Å²) in [5.41, 5.74) is 0.578. The minimum absolute atomic E-state index is 0.0594. The van der Waals surface area contributed by atoms with Crippen molar-refractivity contribution in [3.05, 3.63) is 30.3 Å². The number of hydrogen-bond acceptors (Lipinski definition) is 5. The van der Waals surface area contributed by atoms with Crippen molar-refractivity contribution in [3.63, 3.8) is 0 Å². The minimum Gasteiger partial charge on any atom is -0.475 e. The fourth-order valence-electron chi connectivity index (χ4n) is 3.69. The van der Waals surface area contributed by atoms with E-state index in [0.717, 1.165) is 12.1 Å². The Labute approximate surface area is 179 Å². The highest BCUT2D eigenvalue weighted by atomic mass is 32.2. The van der Waals surface area contributed by atoms with Crippen LogP contribution in [0.5, 0.6) is 0 Å². The van der Waals surface area contributed by atoms with Crippen molar-refractivity contribution < 1.29 is 36.3 Å². The summed E-state index contributed by atoms with van der Waals surface area (Å²) < 4.78 is 58.2. The van der Waals surface area contributed by atoms with E-state index >= 15 is 0 Å². The van der Waals surface area contributed by atoms with Crippen molar-refractivity contribution in [2.45, 2.75) is 31.5 Å². The number of carboxylic acids is 1. The molecule has 1 spiro atoms. The van der Waals surface area contributed by atoms with Gasteiger partial charge in [-0.05, 0) is 32.0 Å². The van der Waals surface area contributed by atoms with Gasteiger partial charge in [-0.3, -0.25) is 9.69 Å². The van der Waals surface area contributed by atoms with Gasteiger partial charge in [0.25, 0.3) is 0 Å². The standard InChI is InChI=1S/C17H25N3O3S.C2HF3O2/c1-3-11-24(22,23)19-10-9-17(13-19)14-20(16(21)12-18(17)2)15-7-5-4-6-8-15;3-2(4,5)1(6)7/h4-8H,3,9-14H2,1-2H3;(H,6,7). The molecule has 12 heteroatoms. The van der Waals surface area contributed by atoms with Crippen LogP contribution in [0.3, 0.4) is 0 Å². The van der Waals surface area contributed by atoms with Gasteiger partial charge < -0.3 is 10.0 Å². The molecule has 1 N–H and O–H groups in total. The molecule has 3 rings (SSSR count). The number of carboxylic acid groups (broad SMARTS) is 1. The van der Waals surface area contributed by atoms with Gasteiger partial charge in [0, 0.05) is 25.3 Å². The van der Waals surface area contributed by atoms with Crippen molar-refractivity contribution >= 4 is 27.6 Å². The summed E-state index contributed by atoms with van der Waals surface area (Å²) in [6, 6.07) is 9.61. The molecule has 0 aromatic heterocycles. The van der Waals surface area contributed by atoms with Crippen LogP contribution < -0.4 is 4.90 Å². The molecule has 0 saturated carbocycles. The summed E-state index contributed by atoms with van der Waals surface area (Å²) in [7, 11) is -1.27. The van der Waals surface area contributed by atoms with Gasteiger partial charge in [0.1, 0.15) is 0 Å². The number of amides is 1. The number of likely N-dealkylation sites (N-methyl/N-ethyl adjacent to an activating group) is 1. The first-order valence-electron chi connectivity index (χ1n) is 9.67. The molecule has 0 bridgehead atoms. The van der Waals surface area contributed by atoms with Crippen molar-refractivity contribution in [1.82, 2.24) is 9.21 Å². The third-order valence-electron chi connectivity index (χ3n) is 5.40. The molecule has 1 atom stereocenters. The van der Waals surface area contributed by atoms with Crippen molar-refractivity contribution in [2.24, 2.45) is 0 Å². The van der Waals surface area contributed by atoms with E-state index in [1.165, 1.54) is 0 Å². The van der Waals surface area contributed by atoms with Crippen LogP contribution >= 0.6 is 0 Å². The van der Waals surface area contributed by atoms with E-state index in [1.54, 1.807) is 9.21 Å². The van der Waals surface area contributed by atoms with E-state index in [4.69, 9.17) is 9.90 Å². The first-order valence-corrected chi connectivity index (χ1v) is 11.3. The predicted octanol–water partition coefficient (Wildman–Crippen LogP) is 1.78. The Morgan fingerprint density at radius 2 is 1.77 bits per heavy atom. The zero-order valence-corrected chi connectivity index (χ0v) is 18.1. The second-order valence-electron chi connectivity index (χ2n) is 7.60. The lowest BCUT2D eigenvalue weighted by molar-refractivity contribution is -0.192. The van der Waals surface area contributed by atoms with Gasteiger partial charge in [0.2, 0.25) is 15.9 Å². The molecule has 2 saturated heterocycles. The number of para-hydroxylation sites is 1. The zero-order valence-electron chi connectivity index (χ0n) is 17.3. The first kappa shape index (κ1) is 25.1. The molecule has 1 aromatic carbocycles. The molecular weight excluding hydrogens is 439 g/mol. The van der Waals surface area contributed by atoms with Crippen LogP contribution in [0.1, 0.15) is 19.8 Å². The van der Waals surface area contributed by atoms with E-state index in [1.807, 2.05) is 49.2 Å². The van der Waals surface area contributed by atoms with Crippen LogP contribution in [-0.2, 0) is 19.6 Å². The number of benzene rings is 1. The van der Waals surface area contributed by atoms with Crippen LogP contribution in [0.4, 0.5) is 18.9 Å². The van der Waals surface area contributed by atoms with Crippen molar-refractivity contribution in [2.75, 3.05) is 43.9 Å². The van der Waals surface area contributed by atoms with Crippen LogP contribution in [0.2, 0.25) is 0 Å². The highest BCUT2D eigenvalue weighted by molar-refractivity contribution is 7.89. The summed E-state index contributed by atoms with van der Waals surface area (Å²) in [4.78, 5) is 25.2. The third-order valence-corrected chi connectivity index (χ3v) is 7.42. The molecule has 1 unspecified atom stereocenters. The Kier molecular flexibility index (Phi) is 7.71. The summed E-state index contributed by atoms with van der Waals surface area (Å²) in [6.45, 7) is 3.72. The Balaban J connectivity index is 0.000000423. The van der Waals surface area contributed by atoms with E-state index in [-0.39, 0.29) is 17.2 Å². The molecule has 0 radical (unpaired) electrons. The van der Waals surface area contributed by atoms with E-state index in [9.17, 15) is 26.4 Å². The average molecular weight is 465 g/mol. The van der Waals surface area contributed by atoms with Crippen LogP contribution in [0.15, 0.2) is 30.3 Å². The Morgan fingerprint density at radius 1 is 1.19 bits per heavy atom. The number of rotatable bonds is 4. The van der Waals surface area contributed by atoms with Crippen molar-refractivity contribution in [3.8, 4) is 0 Å². The van der Waals surface area contributed by atoms with Gasteiger partial charge >= 0.3 is 12.1 Å². The predicted molar refractivity (Wildman–Crippen MR) is 108 cm³/mol. The van der Waals surface area contributed by atoms with Gasteiger partial charge in [0.05, 0.1) is 17.8 Å².